The Bertz CT molecular complexity index is 1770. The Morgan fingerprint density at radius 3 is 1.76 bits per heavy atom. The highest BCUT2D eigenvalue weighted by molar-refractivity contribution is 14.1. The number of halogens is 4. The Hall–Kier alpha value is -2.70. The van der Waals surface area contributed by atoms with Crippen LogP contribution in [0.15, 0.2) is 60.7 Å². The molecule has 0 spiro atoms. The maximum Gasteiger partial charge on any atom is 0.402 e. The molecule has 3 aliphatic carbocycles. The number of fused-ring (bicyclic) bond motifs is 1. The molecule has 1 N–H and O–H groups in total. The van der Waals surface area contributed by atoms with Crippen LogP contribution < -0.4 is 4.74 Å². The smallest absolute Gasteiger partial charge is 0.402 e. The van der Waals surface area contributed by atoms with Gasteiger partial charge in [0.15, 0.2) is 12.4 Å². The van der Waals surface area contributed by atoms with Gasteiger partial charge in [-0.3, -0.25) is 14.1 Å². The third-order valence-electron chi connectivity index (χ3n) is 7.57. The maximum absolute atomic E-state index is 14.3. The average molecular weight is 866 g/mol. The molecular weight excluding hydrogens is 840 g/mol. The Morgan fingerprint density at radius 2 is 1.31 bits per heavy atom. The van der Waals surface area contributed by atoms with Crippen molar-refractivity contribution in [3.63, 3.8) is 0 Å². The average Bonchev–Trinajstić information content (AvgIpc) is 2.95. The SMILES string of the molecule is CC(C)(C)OC(=O)C1C2c3ccccc3C(c3ccccc32)C1C(=O)Oc1c(I)cc(I)cc1C(=O)OCC(F)(F)S(=O)(=O)O. The first kappa shape index (κ1) is 33.7. The molecule has 0 saturated heterocycles. The monoisotopic (exact) mass is 866 g/mol. The fourth-order valence-electron chi connectivity index (χ4n) is 5.90. The van der Waals surface area contributed by atoms with Crippen molar-refractivity contribution in [2.45, 2.75) is 43.5 Å². The molecule has 9 nitrogen and oxygen atoms in total. The number of carbonyl (C=O) groups excluding carboxylic acids is 3. The summed E-state index contributed by atoms with van der Waals surface area (Å²) in [5.74, 6) is -6.45. The highest BCUT2D eigenvalue weighted by Gasteiger charge is 2.57. The molecule has 3 aromatic carbocycles. The van der Waals surface area contributed by atoms with Gasteiger partial charge in [0.05, 0.1) is 15.4 Å². The van der Waals surface area contributed by atoms with Gasteiger partial charge < -0.3 is 14.2 Å². The largest absolute Gasteiger partial charge is 0.460 e. The zero-order valence-corrected chi connectivity index (χ0v) is 29.1. The van der Waals surface area contributed by atoms with Gasteiger partial charge in [-0.05, 0) is 100 Å². The first-order valence-electron chi connectivity index (χ1n) is 13.5. The van der Waals surface area contributed by atoms with Crippen molar-refractivity contribution in [3.05, 3.63) is 95.6 Å². The summed E-state index contributed by atoms with van der Waals surface area (Å²) < 4.78 is 75.4. The molecule has 45 heavy (non-hydrogen) atoms. The number of ether oxygens (including phenoxy) is 3. The molecule has 0 fully saturated rings. The fraction of sp³-hybridized carbons (Fsp3) is 0.323. The second-order valence-corrected chi connectivity index (χ2v) is 15.6. The Balaban J connectivity index is 1.58. The summed E-state index contributed by atoms with van der Waals surface area (Å²) in [6.07, 6.45) is 0. The van der Waals surface area contributed by atoms with Crippen molar-refractivity contribution < 1.29 is 50.3 Å². The van der Waals surface area contributed by atoms with E-state index in [0.717, 1.165) is 22.3 Å². The standard InChI is InChI=1S/C31H26F2I2O9S/c1-30(2,3)44-29(38)25-23-18-10-6-4-8-16(18)22(17-9-5-7-11-19(17)23)24(25)28(37)43-26-20(12-15(34)13-21(26)35)27(36)42-14-31(32,33)45(39,40)41/h4-13,22-25H,14H2,1-3H3,(H,39,40,41). The third kappa shape index (κ3) is 6.47. The van der Waals surface area contributed by atoms with Gasteiger partial charge in [-0.25, -0.2) is 4.79 Å². The van der Waals surface area contributed by atoms with Gasteiger partial charge in [-0.1, -0.05) is 48.5 Å². The van der Waals surface area contributed by atoms with Gasteiger partial charge in [0.2, 0.25) is 0 Å². The molecule has 0 heterocycles. The van der Waals surface area contributed by atoms with Crippen molar-refractivity contribution >= 4 is 73.2 Å². The van der Waals surface area contributed by atoms with E-state index < -0.39 is 74.7 Å². The molecule has 6 rings (SSSR count). The number of hydrogen-bond donors (Lipinski definition) is 1. The topological polar surface area (TPSA) is 133 Å². The molecule has 3 aromatic rings. The molecule has 0 aromatic heterocycles. The van der Waals surface area contributed by atoms with Crippen LogP contribution >= 0.6 is 45.2 Å². The van der Waals surface area contributed by atoms with Crippen LogP contribution in [0.2, 0.25) is 0 Å². The van der Waals surface area contributed by atoms with Crippen LogP contribution in [-0.4, -0.2) is 48.3 Å². The molecule has 238 valence electrons. The molecule has 0 radical (unpaired) electrons. The van der Waals surface area contributed by atoms with Crippen LogP contribution in [0.3, 0.4) is 0 Å². The van der Waals surface area contributed by atoms with Gasteiger partial charge in [0.1, 0.15) is 11.2 Å². The van der Waals surface area contributed by atoms with E-state index in [1.165, 1.54) is 6.07 Å². The lowest BCUT2D eigenvalue weighted by atomic mass is 9.54. The summed E-state index contributed by atoms with van der Waals surface area (Å²) in [5, 5.41) is -4.77. The van der Waals surface area contributed by atoms with Crippen LogP contribution in [0.4, 0.5) is 8.78 Å². The maximum atomic E-state index is 14.3. The van der Waals surface area contributed by atoms with Gasteiger partial charge >= 0.3 is 33.3 Å². The Labute approximate surface area is 285 Å². The van der Waals surface area contributed by atoms with Crippen LogP contribution in [0.5, 0.6) is 5.75 Å². The van der Waals surface area contributed by atoms with Crippen LogP contribution in [0.1, 0.15) is 65.2 Å². The van der Waals surface area contributed by atoms with E-state index in [1.54, 1.807) is 49.4 Å². The summed E-state index contributed by atoms with van der Waals surface area (Å²) >= 11 is 3.66. The first-order chi connectivity index (χ1) is 20.9. The normalized spacial score (nSPS) is 20.5. The Morgan fingerprint density at radius 1 is 0.844 bits per heavy atom. The predicted octanol–water partition coefficient (Wildman–Crippen LogP) is 6.30. The number of hydrogen-bond acceptors (Lipinski definition) is 8. The zero-order valence-electron chi connectivity index (χ0n) is 23.9. The van der Waals surface area contributed by atoms with E-state index >= 15 is 0 Å². The van der Waals surface area contributed by atoms with Gasteiger partial charge in [0, 0.05) is 15.4 Å². The van der Waals surface area contributed by atoms with Gasteiger partial charge in [0.25, 0.3) is 0 Å². The van der Waals surface area contributed by atoms with E-state index in [-0.39, 0.29) is 9.32 Å². The number of benzene rings is 3. The highest BCUT2D eigenvalue weighted by atomic mass is 127. The van der Waals surface area contributed by atoms with Crippen molar-refractivity contribution in [1.29, 1.82) is 0 Å². The molecule has 3 aliphatic rings. The highest BCUT2D eigenvalue weighted by Crippen LogP contribution is 2.59. The zero-order chi connectivity index (χ0) is 33.1. The summed E-state index contributed by atoms with van der Waals surface area (Å²) in [5.41, 5.74) is 2.15. The van der Waals surface area contributed by atoms with Gasteiger partial charge in [-0.15, -0.1) is 0 Å². The molecule has 0 saturated carbocycles. The van der Waals surface area contributed by atoms with Crippen molar-refractivity contribution in [2.24, 2.45) is 11.8 Å². The van der Waals surface area contributed by atoms with Crippen LogP contribution in [0.25, 0.3) is 0 Å². The van der Waals surface area contributed by atoms with E-state index in [0.29, 0.717) is 3.57 Å². The minimum atomic E-state index is -5.86. The molecule has 2 atom stereocenters. The van der Waals surface area contributed by atoms with Crippen molar-refractivity contribution in [1.82, 2.24) is 0 Å². The summed E-state index contributed by atoms with van der Waals surface area (Å²) in [7, 11) is -5.86. The first-order valence-corrected chi connectivity index (χ1v) is 17.1. The second kappa shape index (κ2) is 12.2. The minimum absolute atomic E-state index is 0.247. The lowest BCUT2D eigenvalue weighted by Gasteiger charge is -2.48. The molecular formula is C31H26F2I2O9S. The summed E-state index contributed by atoms with van der Waals surface area (Å²) in [6, 6.07) is 17.8. The number of alkyl halides is 2. The minimum Gasteiger partial charge on any atom is -0.460 e. The number of esters is 3. The van der Waals surface area contributed by atoms with Crippen LogP contribution in [-0.2, 0) is 29.2 Å². The molecule has 0 aliphatic heterocycles. The fourth-order valence-corrected chi connectivity index (χ4v) is 8.06. The molecule has 14 heteroatoms. The van der Waals surface area contributed by atoms with E-state index in [4.69, 9.17) is 14.0 Å². The van der Waals surface area contributed by atoms with E-state index in [1.807, 2.05) is 71.1 Å². The third-order valence-corrected chi connectivity index (χ3v) is 9.86. The molecule has 2 unspecified atom stereocenters. The number of rotatable bonds is 7. The quantitative estimate of drug-likeness (QED) is 0.126. The predicted molar refractivity (Wildman–Crippen MR) is 174 cm³/mol. The van der Waals surface area contributed by atoms with Crippen molar-refractivity contribution in [2.75, 3.05) is 6.61 Å². The summed E-state index contributed by atoms with van der Waals surface area (Å²) in [6.45, 7) is 3.19. The number of carbonyl (C=O) groups is 3. The van der Waals surface area contributed by atoms with Gasteiger partial charge in [-0.2, -0.15) is 17.2 Å². The van der Waals surface area contributed by atoms with E-state index in [2.05, 4.69) is 4.74 Å². The molecule has 0 amide bonds. The summed E-state index contributed by atoms with van der Waals surface area (Å²) in [4.78, 5) is 41.2. The Kier molecular flexibility index (Phi) is 9.09. The molecule has 2 bridgehead atoms. The van der Waals surface area contributed by atoms with Crippen molar-refractivity contribution in [3.8, 4) is 5.75 Å². The second-order valence-electron chi connectivity index (χ2n) is 11.7. The van der Waals surface area contributed by atoms with Crippen LogP contribution in [0, 0.1) is 19.0 Å². The lowest BCUT2D eigenvalue weighted by Crippen LogP contribution is -2.49. The van der Waals surface area contributed by atoms with E-state index in [9.17, 15) is 31.6 Å². The lowest BCUT2D eigenvalue weighted by molar-refractivity contribution is -0.168.